The second-order valence-electron chi connectivity index (χ2n) is 11.6. The molecule has 3 fully saturated rings. The van der Waals surface area contributed by atoms with E-state index >= 15 is 0 Å². The molecule has 0 aromatic heterocycles. The van der Waals surface area contributed by atoms with Crippen molar-refractivity contribution in [2.24, 2.45) is 34.5 Å². The first-order valence-corrected chi connectivity index (χ1v) is 12.7. The number of carbonyl (C=O) groups excluding carboxylic acids is 2. The number of rotatable bonds is 2. The monoisotopic (exact) mass is 528 g/mol. The zero-order chi connectivity index (χ0) is 27.0. The molecule has 202 valence electrons. The fourth-order valence-corrected chi connectivity index (χ4v) is 8.06. The highest BCUT2D eigenvalue weighted by molar-refractivity contribution is 5.94. The number of hydrogen-bond acceptors (Lipinski definition) is 2. The quantitative estimate of drug-likeness (QED) is 0.427. The van der Waals surface area contributed by atoms with E-state index < -0.39 is 46.4 Å². The van der Waals surface area contributed by atoms with Crippen molar-refractivity contribution >= 4 is 17.5 Å². The summed E-state index contributed by atoms with van der Waals surface area (Å²) in [4.78, 5) is 25.3. The topological polar surface area (TPSA) is 58.2 Å². The van der Waals surface area contributed by atoms with Crippen molar-refractivity contribution in [2.45, 2.75) is 70.8 Å². The van der Waals surface area contributed by atoms with Crippen LogP contribution in [0.4, 0.5) is 32.0 Å². The van der Waals surface area contributed by atoms with Gasteiger partial charge in [-0.1, -0.05) is 19.9 Å². The molecular formula is C27H30F6N2O2. The minimum Gasteiger partial charge on any atom is -0.349 e. The number of halogens is 6. The maximum Gasteiger partial charge on any atom is 0.418 e. The maximum atomic E-state index is 13.6. The predicted octanol–water partition coefficient (Wildman–Crippen LogP) is 6.58. The van der Waals surface area contributed by atoms with Crippen LogP contribution in [0.15, 0.2) is 30.4 Å². The van der Waals surface area contributed by atoms with Crippen LogP contribution >= 0.6 is 0 Å². The summed E-state index contributed by atoms with van der Waals surface area (Å²) >= 11 is 0. The molecule has 0 spiro atoms. The van der Waals surface area contributed by atoms with E-state index in [1.165, 1.54) is 0 Å². The third-order valence-corrected chi connectivity index (χ3v) is 9.91. The molecule has 0 saturated heterocycles. The van der Waals surface area contributed by atoms with Crippen LogP contribution in [0.25, 0.3) is 0 Å². The molecule has 1 unspecified atom stereocenters. The third-order valence-electron chi connectivity index (χ3n) is 9.91. The Morgan fingerprint density at radius 1 is 0.973 bits per heavy atom. The van der Waals surface area contributed by atoms with E-state index in [9.17, 15) is 35.9 Å². The number of alkyl halides is 6. The van der Waals surface area contributed by atoms with Crippen LogP contribution in [0.3, 0.4) is 0 Å². The van der Waals surface area contributed by atoms with Crippen molar-refractivity contribution in [3.63, 3.8) is 0 Å². The van der Waals surface area contributed by atoms with E-state index in [1.807, 2.05) is 13.0 Å². The summed E-state index contributed by atoms with van der Waals surface area (Å²) in [5, 5.41) is 5.33. The van der Waals surface area contributed by atoms with Gasteiger partial charge in [0.05, 0.1) is 16.8 Å². The van der Waals surface area contributed by atoms with Gasteiger partial charge in [0.25, 0.3) is 0 Å². The minimum atomic E-state index is -4.91. The lowest BCUT2D eigenvalue weighted by atomic mass is 9.48. The van der Waals surface area contributed by atoms with Gasteiger partial charge in [-0.15, -0.1) is 0 Å². The Kier molecular flexibility index (Phi) is 5.99. The summed E-state index contributed by atoms with van der Waals surface area (Å²) in [6, 6.07) is 1.18. The Bertz CT molecular complexity index is 1140. The molecule has 0 radical (unpaired) electrons. The lowest BCUT2D eigenvalue weighted by Crippen LogP contribution is -2.59. The van der Waals surface area contributed by atoms with Crippen molar-refractivity contribution in [3.8, 4) is 0 Å². The van der Waals surface area contributed by atoms with E-state index in [1.54, 1.807) is 6.08 Å². The second kappa shape index (κ2) is 8.50. The van der Waals surface area contributed by atoms with Gasteiger partial charge in [-0.05, 0) is 86.0 Å². The zero-order valence-electron chi connectivity index (χ0n) is 20.6. The molecule has 7 atom stereocenters. The number of nitrogens with one attached hydrogen (secondary N) is 2. The standard InChI is InChI=1S/C27H30F6N2O2/c1-24-11-9-17-15(4-8-21-25(17,2)12-10-22(36)35-21)16(24)6-7-19(24)23(37)34-20-13-14(26(28,29)30)3-5-18(20)27(31,32)33/h3,5,10,12-13,15-17,19,21H,4,6-9,11H2,1-2H3,(H,34,37)(H,35,36)/t15-,16-,17-,19?,21-,24-,25+/m0/s1. The Hall–Kier alpha value is -2.52. The summed E-state index contributed by atoms with van der Waals surface area (Å²) in [6.45, 7) is 4.17. The second-order valence-corrected chi connectivity index (χ2v) is 11.6. The summed E-state index contributed by atoms with van der Waals surface area (Å²) < 4.78 is 80.4. The smallest absolute Gasteiger partial charge is 0.349 e. The van der Waals surface area contributed by atoms with Crippen LogP contribution in [0.1, 0.15) is 63.5 Å². The van der Waals surface area contributed by atoms with Crippen molar-refractivity contribution in [2.75, 3.05) is 5.32 Å². The maximum absolute atomic E-state index is 13.6. The van der Waals surface area contributed by atoms with Crippen LogP contribution in [-0.4, -0.2) is 17.9 Å². The first-order valence-electron chi connectivity index (χ1n) is 12.7. The van der Waals surface area contributed by atoms with Gasteiger partial charge in [0.2, 0.25) is 11.8 Å². The van der Waals surface area contributed by atoms with Crippen LogP contribution in [-0.2, 0) is 21.9 Å². The molecule has 3 saturated carbocycles. The van der Waals surface area contributed by atoms with Gasteiger partial charge < -0.3 is 10.6 Å². The summed E-state index contributed by atoms with van der Waals surface area (Å²) in [6.07, 6.45) is -1.73. The number of benzene rings is 1. The first-order chi connectivity index (χ1) is 17.1. The molecule has 3 aliphatic carbocycles. The highest BCUT2D eigenvalue weighted by atomic mass is 19.4. The van der Waals surface area contributed by atoms with Crippen molar-refractivity contribution in [3.05, 3.63) is 41.5 Å². The molecule has 37 heavy (non-hydrogen) atoms. The van der Waals surface area contributed by atoms with E-state index in [-0.39, 0.29) is 23.3 Å². The van der Waals surface area contributed by atoms with Gasteiger partial charge in [0, 0.05) is 17.4 Å². The van der Waals surface area contributed by atoms with Crippen molar-refractivity contribution < 1.29 is 35.9 Å². The predicted molar refractivity (Wildman–Crippen MR) is 124 cm³/mol. The van der Waals surface area contributed by atoms with Crippen LogP contribution < -0.4 is 10.6 Å². The normalized spacial score (nSPS) is 37.3. The van der Waals surface area contributed by atoms with E-state index in [2.05, 4.69) is 17.6 Å². The van der Waals surface area contributed by atoms with Gasteiger partial charge in [-0.3, -0.25) is 9.59 Å². The van der Waals surface area contributed by atoms with Crippen LogP contribution in [0.2, 0.25) is 0 Å². The molecular weight excluding hydrogens is 498 g/mol. The zero-order valence-corrected chi connectivity index (χ0v) is 20.6. The summed E-state index contributed by atoms with van der Waals surface area (Å²) in [5.41, 5.74) is -4.06. The average molecular weight is 529 g/mol. The number of amides is 2. The molecule has 1 aliphatic heterocycles. The lowest BCUT2D eigenvalue weighted by Gasteiger charge is -2.58. The van der Waals surface area contributed by atoms with Gasteiger partial charge in [-0.2, -0.15) is 26.3 Å². The number of hydrogen-bond donors (Lipinski definition) is 2. The molecule has 10 heteroatoms. The molecule has 1 aromatic carbocycles. The molecule has 5 rings (SSSR count). The molecule has 4 nitrogen and oxygen atoms in total. The number of fused-ring (bicyclic) bond motifs is 5. The van der Waals surface area contributed by atoms with Crippen LogP contribution in [0, 0.1) is 34.5 Å². The summed E-state index contributed by atoms with van der Waals surface area (Å²) in [7, 11) is 0. The summed E-state index contributed by atoms with van der Waals surface area (Å²) in [5.74, 6) is -0.555. The van der Waals surface area contributed by atoms with Crippen molar-refractivity contribution in [1.82, 2.24) is 5.32 Å². The molecule has 4 aliphatic rings. The Morgan fingerprint density at radius 3 is 2.38 bits per heavy atom. The first kappa shape index (κ1) is 26.1. The Morgan fingerprint density at radius 2 is 1.70 bits per heavy atom. The van der Waals surface area contributed by atoms with Gasteiger partial charge in [0.15, 0.2) is 0 Å². The van der Waals surface area contributed by atoms with Gasteiger partial charge >= 0.3 is 12.4 Å². The van der Waals surface area contributed by atoms with Crippen LogP contribution in [0.5, 0.6) is 0 Å². The Balaban J connectivity index is 1.40. The largest absolute Gasteiger partial charge is 0.418 e. The molecule has 2 N–H and O–H groups in total. The van der Waals surface area contributed by atoms with Gasteiger partial charge in [0.1, 0.15) is 0 Å². The van der Waals surface area contributed by atoms with Crippen molar-refractivity contribution in [1.29, 1.82) is 0 Å². The van der Waals surface area contributed by atoms with E-state index in [4.69, 9.17) is 0 Å². The molecule has 2 amide bonds. The highest BCUT2D eigenvalue weighted by Gasteiger charge is 2.61. The van der Waals surface area contributed by atoms with E-state index in [0.29, 0.717) is 42.9 Å². The average Bonchev–Trinajstić information content (AvgIpc) is 3.15. The fourth-order valence-electron chi connectivity index (χ4n) is 8.06. The molecule has 1 heterocycles. The van der Waals surface area contributed by atoms with E-state index in [0.717, 1.165) is 25.7 Å². The third kappa shape index (κ3) is 4.24. The highest BCUT2D eigenvalue weighted by Crippen LogP contribution is 2.65. The minimum absolute atomic E-state index is 0.0535. The number of carbonyl (C=O) groups is 2. The SMILES string of the molecule is C[C@]12C=CC(=O)N[C@H]1CC[C@@H]1[C@@H]2CC[C@]2(C)C(C(=O)Nc3cc(C(F)(F)F)ccc3C(F)(F)F)CC[C@@H]12. The molecule has 1 aromatic rings. The lowest BCUT2D eigenvalue weighted by molar-refractivity contribution is -0.141. The number of anilines is 1. The Labute approximate surface area is 211 Å². The fraction of sp³-hybridized carbons (Fsp3) is 0.630. The molecule has 0 bridgehead atoms. The van der Waals surface area contributed by atoms with Gasteiger partial charge in [-0.25, -0.2) is 0 Å².